The molecule has 0 aliphatic carbocycles. The Hall–Kier alpha value is -10.7. The Morgan fingerprint density at radius 1 is 0.356 bits per heavy atom. The van der Waals surface area contributed by atoms with Gasteiger partial charge < -0.3 is 9.13 Å². The third-order valence-corrected chi connectivity index (χ3v) is 17.8. The zero-order valence-electron chi connectivity index (χ0n) is 52.8. The SMILES string of the molecule is CCCCc1ccc2c(c1)c1cc(C(C)(C)C)ccc1n2-c1cc(-c2ccccc2C#N)ccc1-c1nc(-c2ccc(-c3cccc(C#N)c3)cc2)nc(-c2ccc(-c3ccccc3C#N)cc2-n2c3ccc(C(C)(C)C)cc3c3cc(C(C)(C)C)ccc32)n1. The molecule has 0 saturated heterocycles. The van der Waals surface area contributed by atoms with E-state index in [-0.39, 0.29) is 16.2 Å². The van der Waals surface area contributed by atoms with Crippen LogP contribution in [0.2, 0.25) is 0 Å². The fourth-order valence-corrected chi connectivity index (χ4v) is 12.7. The summed E-state index contributed by atoms with van der Waals surface area (Å²) in [6.07, 6.45) is 3.17. The van der Waals surface area contributed by atoms with Gasteiger partial charge in [0.15, 0.2) is 17.5 Å². The molecule has 10 aromatic carbocycles. The molecule has 0 aliphatic heterocycles. The Bertz CT molecular complexity index is 5070. The average Bonchev–Trinajstić information content (AvgIpc) is 1.56. The van der Waals surface area contributed by atoms with Gasteiger partial charge in [0.1, 0.15) is 0 Å². The third kappa shape index (κ3) is 10.7. The fourth-order valence-electron chi connectivity index (χ4n) is 12.7. The van der Waals surface area contributed by atoms with Crippen LogP contribution >= 0.6 is 0 Å². The van der Waals surface area contributed by atoms with Crippen molar-refractivity contribution in [2.75, 3.05) is 0 Å². The number of hydrogen-bond donors (Lipinski definition) is 0. The van der Waals surface area contributed by atoms with Crippen LogP contribution < -0.4 is 0 Å². The first-order valence-electron chi connectivity index (χ1n) is 31.1. The van der Waals surface area contributed by atoms with E-state index >= 15 is 0 Å². The molecule has 0 unspecified atom stereocenters. The van der Waals surface area contributed by atoms with Crippen molar-refractivity contribution >= 4 is 43.6 Å². The van der Waals surface area contributed by atoms with Crippen molar-refractivity contribution in [3.63, 3.8) is 0 Å². The van der Waals surface area contributed by atoms with Crippen LogP contribution in [0.1, 0.15) is 121 Å². The van der Waals surface area contributed by atoms with Crippen molar-refractivity contribution in [3.05, 3.63) is 245 Å². The number of nitriles is 3. The topological polar surface area (TPSA) is 120 Å². The lowest BCUT2D eigenvalue weighted by molar-refractivity contribution is 0.590. The molecule has 0 bridgehead atoms. The minimum absolute atomic E-state index is 0.106. The van der Waals surface area contributed by atoms with E-state index in [2.05, 4.69) is 218 Å². The Balaban J connectivity index is 1.14. The maximum atomic E-state index is 10.6. The van der Waals surface area contributed by atoms with Gasteiger partial charge in [0, 0.05) is 38.2 Å². The predicted octanol–water partition coefficient (Wildman–Crippen LogP) is 20.9. The lowest BCUT2D eigenvalue weighted by Gasteiger charge is -2.20. The summed E-state index contributed by atoms with van der Waals surface area (Å²) in [5.74, 6) is 1.37. The fraction of sp³-hybridized carbons (Fsp3) is 0.195. The van der Waals surface area contributed by atoms with Crippen LogP contribution in [-0.4, -0.2) is 24.1 Å². The number of nitrogens with zero attached hydrogens (tertiary/aromatic N) is 8. The van der Waals surface area contributed by atoms with Gasteiger partial charge in [-0.15, -0.1) is 0 Å². The molecule has 0 spiro atoms. The summed E-state index contributed by atoms with van der Waals surface area (Å²) in [7, 11) is 0. The molecular formula is C82H70N8. The molecule has 8 heteroatoms. The van der Waals surface area contributed by atoms with Crippen molar-refractivity contribution < 1.29 is 0 Å². The first kappa shape index (κ1) is 58.3. The molecule has 0 saturated carbocycles. The van der Waals surface area contributed by atoms with Crippen molar-refractivity contribution in [3.8, 4) is 97.1 Å². The van der Waals surface area contributed by atoms with Crippen LogP contribution in [0.4, 0.5) is 0 Å². The first-order chi connectivity index (χ1) is 43.3. The van der Waals surface area contributed by atoms with Crippen LogP contribution in [0.25, 0.3) is 123 Å². The van der Waals surface area contributed by atoms with Gasteiger partial charge in [0.05, 0.1) is 68.3 Å². The van der Waals surface area contributed by atoms with Crippen LogP contribution in [0.5, 0.6) is 0 Å². The molecule has 0 amide bonds. The quantitative estimate of drug-likeness (QED) is 0.127. The molecule has 13 rings (SSSR count). The Labute approximate surface area is 527 Å². The number of fused-ring (bicyclic) bond motifs is 6. The standard InChI is InChI=1S/C82H70N8/c1-11-12-18-51-25-37-71-67(42-51)68-45-60(80(2,3)4)32-38-72(68)89(71)75-43-56(63-23-15-13-20-58(63)49-84)30-35-65(75)78-86-77(54-28-26-53(27-29-54)55-22-17-19-52(41-55)48-83)87-79(88-78)66-36-31-57(64-24-16-14-21-59(64)50-85)44-76(66)90-73-39-33-61(81(5,6)7)46-69(73)70-47-62(82(8,9)10)34-40-74(70)90/h13-17,19-47H,11-12,18H2,1-10H3. The minimum atomic E-state index is -0.116. The highest BCUT2D eigenvalue weighted by molar-refractivity contribution is 6.12. The van der Waals surface area contributed by atoms with Gasteiger partial charge in [-0.3, -0.25) is 0 Å². The molecule has 0 fully saturated rings. The van der Waals surface area contributed by atoms with E-state index in [1.165, 1.54) is 22.3 Å². The number of aryl methyl sites for hydroxylation is 1. The smallest absolute Gasteiger partial charge is 0.166 e. The molecule has 13 aromatic rings. The van der Waals surface area contributed by atoms with Crippen LogP contribution in [0, 0.1) is 34.0 Å². The molecule has 0 aliphatic rings. The van der Waals surface area contributed by atoms with E-state index in [1.807, 2.05) is 84.9 Å². The zero-order chi connectivity index (χ0) is 62.8. The molecule has 0 N–H and O–H groups in total. The van der Waals surface area contributed by atoms with Crippen molar-refractivity contribution in [2.45, 2.75) is 105 Å². The molecule has 3 heterocycles. The van der Waals surface area contributed by atoms with Gasteiger partial charge in [-0.2, -0.15) is 15.8 Å². The van der Waals surface area contributed by atoms with Gasteiger partial charge in [-0.1, -0.05) is 185 Å². The van der Waals surface area contributed by atoms with Gasteiger partial charge in [0.2, 0.25) is 0 Å². The molecule has 8 nitrogen and oxygen atoms in total. The van der Waals surface area contributed by atoms with Crippen LogP contribution in [0.3, 0.4) is 0 Å². The molecule has 0 atom stereocenters. The highest BCUT2D eigenvalue weighted by atomic mass is 15.1. The lowest BCUT2D eigenvalue weighted by Crippen LogP contribution is -2.10. The number of benzene rings is 10. The summed E-state index contributed by atoms with van der Waals surface area (Å²) < 4.78 is 4.72. The second-order valence-electron chi connectivity index (χ2n) is 26.9. The summed E-state index contributed by atoms with van der Waals surface area (Å²) in [5.41, 5.74) is 19.8. The van der Waals surface area contributed by atoms with Crippen molar-refractivity contribution in [2.24, 2.45) is 0 Å². The summed E-state index contributed by atoms with van der Waals surface area (Å²) in [6, 6.07) is 79.0. The van der Waals surface area contributed by atoms with Gasteiger partial charge >= 0.3 is 0 Å². The highest BCUT2D eigenvalue weighted by Crippen LogP contribution is 2.44. The number of hydrogen-bond acceptors (Lipinski definition) is 6. The largest absolute Gasteiger partial charge is 0.308 e. The van der Waals surface area contributed by atoms with Gasteiger partial charge in [-0.05, 0) is 182 Å². The molecule has 438 valence electrons. The van der Waals surface area contributed by atoms with Gasteiger partial charge in [0.25, 0.3) is 0 Å². The van der Waals surface area contributed by atoms with Gasteiger partial charge in [-0.25, -0.2) is 15.0 Å². The second kappa shape index (κ2) is 22.8. The third-order valence-electron chi connectivity index (χ3n) is 17.8. The van der Waals surface area contributed by atoms with Crippen LogP contribution in [0.15, 0.2) is 206 Å². The highest BCUT2D eigenvalue weighted by Gasteiger charge is 2.27. The van der Waals surface area contributed by atoms with Crippen molar-refractivity contribution in [1.82, 2.24) is 24.1 Å². The van der Waals surface area contributed by atoms with Crippen molar-refractivity contribution in [1.29, 1.82) is 15.8 Å². The van der Waals surface area contributed by atoms with E-state index < -0.39 is 0 Å². The molecular weight excluding hydrogens is 1100 g/mol. The molecule has 3 aromatic heterocycles. The maximum absolute atomic E-state index is 10.6. The molecule has 0 radical (unpaired) electrons. The normalized spacial score (nSPS) is 12.0. The number of unbranched alkanes of at least 4 members (excludes halogenated alkanes) is 1. The summed E-state index contributed by atoms with van der Waals surface area (Å²) in [5, 5.41) is 35.7. The summed E-state index contributed by atoms with van der Waals surface area (Å²) in [4.78, 5) is 16.8. The van der Waals surface area contributed by atoms with E-state index in [4.69, 9.17) is 15.0 Å². The summed E-state index contributed by atoms with van der Waals surface area (Å²) in [6.45, 7) is 22.6. The maximum Gasteiger partial charge on any atom is 0.166 e. The van der Waals surface area contributed by atoms with E-state index in [1.54, 1.807) is 0 Å². The first-order valence-corrected chi connectivity index (χ1v) is 31.1. The molecule has 90 heavy (non-hydrogen) atoms. The Morgan fingerprint density at radius 3 is 1.22 bits per heavy atom. The summed E-state index contributed by atoms with van der Waals surface area (Å²) >= 11 is 0. The van der Waals surface area contributed by atoms with E-state index in [0.29, 0.717) is 34.2 Å². The van der Waals surface area contributed by atoms with E-state index in [0.717, 1.165) is 124 Å². The Morgan fingerprint density at radius 2 is 0.778 bits per heavy atom. The predicted molar refractivity (Wildman–Crippen MR) is 370 cm³/mol. The monoisotopic (exact) mass is 1170 g/mol. The van der Waals surface area contributed by atoms with E-state index in [9.17, 15) is 15.8 Å². The average molecular weight is 1170 g/mol. The minimum Gasteiger partial charge on any atom is -0.308 e. The zero-order valence-corrected chi connectivity index (χ0v) is 52.8. The number of rotatable bonds is 11. The van der Waals surface area contributed by atoms with Crippen LogP contribution in [-0.2, 0) is 22.7 Å². The number of aromatic nitrogens is 5. The lowest BCUT2D eigenvalue weighted by atomic mass is 9.85. The second-order valence-corrected chi connectivity index (χ2v) is 26.9. The Kier molecular flexibility index (Phi) is 14.8.